The second-order valence-electron chi connectivity index (χ2n) is 6.35. The van der Waals surface area contributed by atoms with Crippen LogP contribution in [-0.2, 0) is 18.3 Å². The number of carbonyl (C=O) groups excluding carboxylic acids is 1. The first kappa shape index (κ1) is 16.2. The molecule has 4 heteroatoms. The number of nitrogens with zero attached hydrogens (tertiary/aromatic N) is 2. The second kappa shape index (κ2) is 6.48. The average molecular weight is 321 g/mol. The highest BCUT2D eigenvalue weighted by atomic mass is 16.1. The van der Waals surface area contributed by atoms with Gasteiger partial charge in [-0.25, -0.2) is 0 Å². The fourth-order valence-electron chi connectivity index (χ4n) is 3.09. The Bertz CT molecular complexity index is 895. The summed E-state index contributed by atoms with van der Waals surface area (Å²) in [5, 5.41) is 9.87. The fourth-order valence-corrected chi connectivity index (χ4v) is 3.09. The molecule has 1 atom stereocenters. The first-order valence-corrected chi connectivity index (χ1v) is 8.23. The van der Waals surface area contributed by atoms with Crippen LogP contribution in [0, 0.1) is 13.8 Å². The van der Waals surface area contributed by atoms with Crippen molar-refractivity contribution in [3.8, 4) is 0 Å². The number of aryl methyl sites for hydroxylation is 2. The zero-order valence-corrected chi connectivity index (χ0v) is 14.6. The first-order chi connectivity index (χ1) is 11.5. The van der Waals surface area contributed by atoms with E-state index in [9.17, 15) is 4.79 Å². The maximum absolute atomic E-state index is 12.4. The summed E-state index contributed by atoms with van der Waals surface area (Å²) in [6, 6.07) is 14.5. The Balaban J connectivity index is 1.73. The van der Waals surface area contributed by atoms with E-state index in [4.69, 9.17) is 0 Å². The minimum atomic E-state index is -0.0283. The number of carbonyl (C=O) groups is 1. The van der Waals surface area contributed by atoms with Gasteiger partial charge in [-0.2, -0.15) is 5.10 Å². The molecule has 0 aliphatic rings. The van der Waals surface area contributed by atoms with Gasteiger partial charge in [0, 0.05) is 18.3 Å². The van der Waals surface area contributed by atoms with Crippen molar-refractivity contribution in [2.75, 3.05) is 0 Å². The standard InChI is InChI=1S/C20H23N3O/c1-13(17-10-9-16-7-5-6-8-18(16)11-17)21-20(24)12-19-14(2)22-23(4)15(19)3/h5-11,13H,12H2,1-4H3,(H,21,24). The molecule has 0 saturated heterocycles. The summed E-state index contributed by atoms with van der Waals surface area (Å²) in [6.07, 6.45) is 0.365. The molecule has 0 radical (unpaired) electrons. The summed E-state index contributed by atoms with van der Waals surface area (Å²) in [7, 11) is 1.90. The van der Waals surface area contributed by atoms with Gasteiger partial charge in [0.2, 0.25) is 5.91 Å². The van der Waals surface area contributed by atoms with Crippen molar-refractivity contribution in [2.45, 2.75) is 33.2 Å². The van der Waals surface area contributed by atoms with E-state index in [1.807, 2.05) is 44.6 Å². The Hall–Kier alpha value is -2.62. The molecule has 0 aliphatic heterocycles. The Morgan fingerprint density at radius 2 is 1.88 bits per heavy atom. The summed E-state index contributed by atoms with van der Waals surface area (Å²) in [5.41, 5.74) is 4.09. The maximum Gasteiger partial charge on any atom is 0.225 e. The van der Waals surface area contributed by atoms with Gasteiger partial charge in [0.15, 0.2) is 0 Å². The van der Waals surface area contributed by atoms with Crippen LogP contribution in [0.4, 0.5) is 0 Å². The van der Waals surface area contributed by atoms with Crippen LogP contribution in [0.3, 0.4) is 0 Å². The number of fused-ring (bicyclic) bond motifs is 1. The van der Waals surface area contributed by atoms with Gasteiger partial charge in [0.05, 0.1) is 18.2 Å². The third-order valence-corrected chi connectivity index (χ3v) is 4.65. The van der Waals surface area contributed by atoms with Crippen LogP contribution in [-0.4, -0.2) is 15.7 Å². The van der Waals surface area contributed by atoms with Crippen LogP contribution in [0.5, 0.6) is 0 Å². The molecule has 0 spiro atoms. The highest BCUT2D eigenvalue weighted by molar-refractivity contribution is 5.83. The third-order valence-electron chi connectivity index (χ3n) is 4.65. The molecular formula is C20H23N3O. The number of aromatic nitrogens is 2. The molecule has 4 nitrogen and oxygen atoms in total. The van der Waals surface area contributed by atoms with E-state index < -0.39 is 0 Å². The van der Waals surface area contributed by atoms with Gasteiger partial charge in [-0.1, -0.05) is 36.4 Å². The Labute approximate surface area is 142 Å². The normalized spacial score (nSPS) is 12.3. The van der Waals surface area contributed by atoms with E-state index >= 15 is 0 Å². The van der Waals surface area contributed by atoms with E-state index in [1.165, 1.54) is 10.8 Å². The van der Waals surface area contributed by atoms with Crippen LogP contribution in [0.25, 0.3) is 10.8 Å². The van der Waals surface area contributed by atoms with E-state index in [1.54, 1.807) is 0 Å². The van der Waals surface area contributed by atoms with Crippen molar-refractivity contribution < 1.29 is 4.79 Å². The van der Waals surface area contributed by atoms with Gasteiger partial charge in [-0.3, -0.25) is 9.48 Å². The molecular weight excluding hydrogens is 298 g/mol. The van der Waals surface area contributed by atoms with Crippen molar-refractivity contribution >= 4 is 16.7 Å². The van der Waals surface area contributed by atoms with Crippen molar-refractivity contribution in [1.82, 2.24) is 15.1 Å². The lowest BCUT2D eigenvalue weighted by molar-refractivity contribution is -0.121. The van der Waals surface area contributed by atoms with Crippen LogP contribution >= 0.6 is 0 Å². The quantitative estimate of drug-likeness (QED) is 0.798. The summed E-state index contributed by atoms with van der Waals surface area (Å²) < 4.78 is 1.82. The van der Waals surface area contributed by atoms with Crippen molar-refractivity contribution in [3.05, 3.63) is 65.0 Å². The first-order valence-electron chi connectivity index (χ1n) is 8.23. The van der Waals surface area contributed by atoms with Gasteiger partial charge < -0.3 is 5.32 Å². The van der Waals surface area contributed by atoms with E-state index in [0.717, 1.165) is 22.5 Å². The van der Waals surface area contributed by atoms with Crippen molar-refractivity contribution in [2.24, 2.45) is 7.05 Å². The molecule has 0 saturated carbocycles. The SMILES string of the molecule is Cc1nn(C)c(C)c1CC(=O)NC(C)c1ccc2ccccc2c1. The number of amides is 1. The summed E-state index contributed by atoms with van der Waals surface area (Å²) in [4.78, 5) is 12.4. The second-order valence-corrected chi connectivity index (χ2v) is 6.35. The number of hydrogen-bond donors (Lipinski definition) is 1. The lowest BCUT2D eigenvalue weighted by Gasteiger charge is -2.15. The number of rotatable bonds is 4. The van der Waals surface area contributed by atoms with Gasteiger partial charge in [-0.05, 0) is 43.2 Å². The molecule has 1 unspecified atom stereocenters. The minimum absolute atomic E-state index is 0.0230. The molecule has 1 heterocycles. The van der Waals surface area contributed by atoms with Gasteiger partial charge in [-0.15, -0.1) is 0 Å². The number of nitrogens with one attached hydrogen (secondary N) is 1. The minimum Gasteiger partial charge on any atom is -0.349 e. The Morgan fingerprint density at radius 1 is 1.17 bits per heavy atom. The number of hydrogen-bond acceptors (Lipinski definition) is 2. The molecule has 0 aliphatic carbocycles. The van der Waals surface area contributed by atoms with Crippen LogP contribution < -0.4 is 5.32 Å². The predicted octanol–water partition coefficient (Wildman–Crippen LogP) is 3.61. The molecule has 1 N–H and O–H groups in total. The smallest absolute Gasteiger partial charge is 0.225 e. The Kier molecular flexibility index (Phi) is 4.38. The molecule has 1 amide bonds. The predicted molar refractivity (Wildman–Crippen MR) is 96.9 cm³/mol. The number of benzene rings is 2. The molecule has 3 rings (SSSR count). The van der Waals surface area contributed by atoms with Crippen LogP contribution in [0.2, 0.25) is 0 Å². The molecule has 0 fully saturated rings. The lowest BCUT2D eigenvalue weighted by atomic mass is 10.0. The molecule has 0 bridgehead atoms. The highest BCUT2D eigenvalue weighted by Crippen LogP contribution is 2.20. The monoisotopic (exact) mass is 321 g/mol. The van der Waals surface area contributed by atoms with Crippen LogP contribution in [0.15, 0.2) is 42.5 Å². The van der Waals surface area contributed by atoms with Gasteiger partial charge in [0.25, 0.3) is 0 Å². The third kappa shape index (κ3) is 3.18. The fraction of sp³-hybridized carbons (Fsp3) is 0.300. The van der Waals surface area contributed by atoms with Gasteiger partial charge >= 0.3 is 0 Å². The summed E-state index contributed by atoms with van der Waals surface area (Å²) >= 11 is 0. The maximum atomic E-state index is 12.4. The molecule has 2 aromatic carbocycles. The lowest BCUT2D eigenvalue weighted by Crippen LogP contribution is -2.28. The highest BCUT2D eigenvalue weighted by Gasteiger charge is 2.15. The van der Waals surface area contributed by atoms with Gasteiger partial charge in [0.1, 0.15) is 0 Å². The molecule has 1 aromatic heterocycles. The van der Waals surface area contributed by atoms with E-state index in [2.05, 4.69) is 40.7 Å². The zero-order valence-electron chi connectivity index (χ0n) is 14.6. The summed E-state index contributed by atoms with van der Waals surface area (Å²) in [6.45, 7) is 5.96. The van der Waals surface area contributed by atoms with Crippen LogP contribution in [0.1, 0.15) is 35.5 Å². The van der Waals surface area contributed by atoms with E-state index in [0.29, 0.717) is 6.42 Å². The van der Waals surface area contributed by atoms with E-state index in [-0.39, 0.29) is 11.9 Å². The largest absolute Gasteiger partial charge is 0.349 e. The van der Waals surface area contributed by atoms with Crippen molar-refractivity contribution in [1.29, 1.82) is 0 Å². The molecule has 24 heavy (non-hydrogen) atoms. The Morgan fingerprint density at radius 3 is 2.54 bits per heavy atom. The zero-order chi connectivity index (χ0) is 17.3. The molecule has 124 valence electrons. The topological polar surface area (TPSA) is 46.9 Å². The summed E-state index contributed by atoms with van der Waals surface area (Å²) in [5.74, 6) is 0.0230. The average Bonchev–Trinajstić information content (AvgIpc) is 2.80. The molecule has 3 aromatic rings. The van der Waals surface area contributed by atoms with Crippen molar-refractivity contribution in [3.63, 3.8) is 0 Å².